The average molecular weight is 430 g/mol. The van der Waals surface area contributed by atoms with Crippen molar-refractivity contribution in [3.63, 3.8) is 0 Å². The number of nitrogens with zero attached hydrogens (tertiary/aromatic N) is 2. The van der Waals surface area contributed by atoms with Crippen molar-refractivity contribution in [2.75, 3.05) is 11.1 Å². The normalized spacial score (nSPS) is 10.7. The van der Waals surface area contributed by atoms with E-state index in [-0.39, 0.29) is 5.91 Å². The largest absolute Gasteiger partial charge is 0.322 e. The van der Waals surface area contributed by atoms with Crippen LogP contribution in [0.1, 0.15) is 17.0 Å². The Labute approximate surface area is 166 Å². The Bertz CT molecular complexity index is 909. The molecule has 0 saturated heterocycles. The van der Waals surface area contributed by atoms with Crippen molar-refractivity contribution in [3.8, 4) is 5.69 Å². The number of hydrogen-bond acceptors (Lipinski definition) is 3. The third-order valence-corrected chi connectivity index (χ3v) is 5.44. The van der Waals surface area contributed by atoms with E-state index in [2.05, 4.69) is 38.5 Å². The lowest BCUT2D eigenvalue weighted by molar-refractivity contribution is -0.113. The number of carbonyl (C=O) groups is 1. The molecule has 0 bridgehead atoms. The molecule has 0 radical (unpaired) electrons. The lowest BCUT2D eigenvalue weighted by atomic mass is 10.2. The van der Waals surface area contributed by atoms with E-state index >= 15 is 0 Å². The topological polar surface area (TPSA) is 46.9 Å². The average Bonchev–Trinajstić information content (AvgIpc) is 2.91. The van der Waals surface area contributed by atoms with Crippen molar-refractivity contribution in [2.45, 2.75) is 19.6 Å². The van der Waals surface area contributed by atoms with Gasteiger partial charge in [0.2, 0.25) is 5.91 Å². The van der Waals surface area contributed by atoms with Gasteiger partial charge in [0.15, 0.2) is 0 Å². The van der Waals surface area contributed by atoms with Crippen LogP contribution in [-0.4, -0.2) is 21.4 Å². The molecule has 3 rings (SSSR count). The number of aryl methyl sites for hydroxylation is 1. The third kappa shape index (κ3) is 4.56. The molecule has 4 nitrogen and oxygen atoms in total. The molecule has 2 aromatic carbocycles. The summed E-state index contributed by atoms with van der Waals surface area (Å²) in [6, 6.07) is 18.1. The third-order valence-electron chi connectivity index (χ3n) is 3.95. The van der Waals surface area contributed by atoms with E-state index in [1.807, 2.05) is 61.0 Å². The highest BCUT2D eigenvalue weighted by Crippen LogP contribution is 2.23. The van der Waals surface area contributed by atoms with Gasteiger partial charge in [-0.25, -0.2) is 4.68 Å². The van der Waals surface area contributed by atoms with Crippen LogP contribution >= 0.6 is 27.7 Å². The van der Waals surface area contributed by atoms with Crippen LogP contribution in [0.15, 0.2) is 59.1 Å². The molecule has 1 aromatic heterocycles. The molecule has 0 spiro atoms. The molecule has 134 valence electrons. The zero-order valence-corrected chi connectivity index (χ0v) is 17.1. The van der Waals surface area contributed by atoms with Crippen LogP contribution in [0.2, 0.25) is 0 Å². The molecular formula is C20H20BrN3OS. The van der Waals surface area contributed by atoms with Crippen LogP contribution in [0.3, 0.4) is 0 Å². The Morgan fingerprint density at radius 3 is 2.65 bits per heavy atom. The van der Waals surface area contributed by atoms with Crippen molar-refractivity contribution in [1.82, 2.24) is 9.78 Å². The summed E-state index contributed by atoms with van der Waals surface area (Å²) in [6.07, 6.45) is 0. The van der Waals surface area contributed by atoms with Crippen LogP contribution < -0.4 is 5.32 Å². The lowest BCUT2D eigenvalue weighted by Crippen LogP contribution is -2.15. The number of amides is 1. The van der Waals surface area contributed by atoms with Crippen molar-refractivity contribution in [3.05, 3.63) is 76.0 Å². The predicted octanol–water partition coefficient (Wildman–Crippen LogP) is 5.12. The molecule has 0 saturated carbocycles. The van der Waals surface area contributed by atoms with Crippen molar-refractivity contribution in [2.24, 2.45) is 0 Å². The van der Waals surface area contributed by atoms with Crippen molar-refractivity contribution < 1.29 is 4.79 Å². The number of thioether (sulfide) groups is 1. The number of halogens is 1. The number of anilines is 1. The van der Waals surface area contributed by atoms with E-state index in [1.165, 1.54) is 5.56 Å². The fourth-order valence-electron chi connectivity index (χ4n) is 2.71. The second kappa shape index (κ2) is 8.56. The van der Waals surface area contributed by atoms with E-state index < -0.39 is 0 Å². The molecule has 0 unspecified atom stereocenters. The Hall–Kier alpha value is -2.05. The molecule has 0 aliphatic carbocycles. The van der Waals surface area contributed by atoms with Gasteiger partial charge in [-0.1, -0.05) is 46.3 Å². The predicted molar refractivity (Wildman–Crippen MR) is 112 cm³/mol. The van der Waals surface area contributed by atoms with Crippen LogP contribution in [0.5, 0.6) is 0 Å². The highest BCUT2D eigenvalue weighted by molar-refractivity contribution is 9.10. The number of nitrogens with one attached hydrogen (secondary N) is 1. The maximum absolute atomic E-state index is 12.3. The molecule has 3 aromatic rings. The van der Waals surface area contributed by atoms with Gasteiger partial charge in [-0.3, -0.25) is 4.79 Å². The quantitative estimate of drug-likeness (QED) is 0.590. The number of hydrogen-bond donors (Lipinski definition) is 1. The maximum Gasteiger partial charge on any atom is 0.234 e. The Kier molecular flexibility index (Phi) is 6.16. The summed E-state index contributed by atoms with van der Waals surface area (Å²) in [7, 11) is 0. The Balaban J connectivity index is 1.62. The molecule has 0 aliphatic rings. The maximum atomic E-state index is 12.3. The molecule has 0 fully saturated rings. The SMILES string of the molecule is Cc1nn(-c2ccccc2)c(C)c1NC(=O)CSCc1cccc(Br)c1. The summed E-state index contributed by atoms with van der Waals surface area (Å²) >= 11 is 5.06. The molecular weight excluding hydrogens is 410 g/mol. The summed E-state index contributed by atoms with van der Waals surface area (Å²) in [6.45, 7) is 3.88. The van der Waals surface area contributed by atoms with Gasteiger partial charge in [-0.15, -0.1) is 11.8 Å². The monoisotopic (exact) mass is 429 g/mol. The first-order chi connectivity index (χ1) is 12.5. The number of benzene rings is 2. The summed E-state index contributed by atoms with van der Waals surface area (Å²) in [5.74, 6) is 1.19. The number of carbonyl (C=O) groups excluding carboxylic acids is 1. The fraction of sp³-hybridized carbons (Fsp3) is 0.200. The van der Waals surface area contributed by atoms with Crippen molar-refractivity contribution >= 4 is 39.3 Å². The summed E-state index contributed by atoms with van der Waals surface area (Å²) in [4.78, 5) is 12.3. The molecule has 1 N–H and O–H groups in total. The first kappa shape index (κ1) is 18.7. The fourth-order valence-corrected chi connectivity index (χ4v) is 3.93. The molecule has 0 aliphatic heterocycles. The molecule has 1 heterocycles. The lowest BCUT2D eigenvalue weighted by Gasteiger charge is -2.07. The van der Waals surface area contributed by atoms with E-state index in [4.69, 9.17) is 0 Å². The minimum Gasteiger partial charge on any atom is -0.322 e. The zero-order valence-electron chi connectivity index (χ0n) is 14.7. The second-order valence-electron chi connectivity index (χ2n) is 5.96. The van der Waals surface area contributed by atoms with Crippen molar-refractivity contribution in [1.29, 1.82) is 0 Å². The summed E-state index contributed by atoms with van der Waals surface area (Å²) < 4.78 is 2.92. The van der Waals surface area contributed by atoms with Gasteiger partial charge in [-0.05, 0) is 43.7 Å². The first-order valence-corrected chi connectivity index (χ1v) is 10.2. The minimum absolute atomic E-state index is 0.0104. The van der Waals surface area contributed by atoms with E-state index in [0.717, 1.165) is 33.0 Å². The van der Waals surface area contributed by atoms with Crippen LogP contribution in [0.25, 0.3) is 5.69 Å². The van der Waals surface area contributed by atoms with Crippen LogP contribution in [0.4, 0.5) is 5.69 Å². The highest BCUT2D eigenvalue weighted by atomic mass is 79.9. The van der Waals surface area contributed by atoms with Crippen LogP contribution in [-0.2, 0) is 10.5 Å². The van der Waals surface area contributed by atoms with Gasteiger partial charge in [0, 0.05) is 10.2 Å². The number of rotatable bonds is 6. The Morgan fingerprint density at radius 2 is 1.92 bits per heavy atom. The van der Waals surface area contributed by atoms with Gasteiger partial charge in [0.05, 0.1) is 28.5 Å². The number of para-hydroxylation sites is 1. The standard InChI is InChI=1S/C20H20BrN3OS/c1-14-20(15(2)24(23-14)18-9-4-3-5-10-18)22-19(25)13-26-12-16-7-6-8-17(21)11-16/h3-11H,12-13H2,1-2H3,(H,22,25). The molecule has 6 heteroatoms. The van der Waals surface area contributed by atoms with Gasteiger partial charge in [0.25, 0.3) is 0 Å². The zero-order chi connectivity index (χ0) is 18.5. The van der Waals surface area contributed by atoms with Gasteiger partial charge >= 0.3 is 0 Å². The van der Waals surface area contributed by atoms with Gasteiger partial charge in [0.1, 0.15) is 0 Å². The van der Waals surface area contributed by atoms with Gasteiger partial charge in [-0.2, -0.15) is 5.10 Å². The molecule has 26 heavy (non-hydrogen) atoms. The highest BCUT2D eigenvalue weighted by Gasteiger charge is 2.15. The molecule has 0 atom stereocenters. The Morgan fingerprint density at radius 1 is 1.15 bits per heavy atom. The number of aromatic nitrogens is 2. The van der Waals surface area contributed by atoms with Gasteiger partial charge < -0.3 is 5.32 Å². The van der Waals surface area contributed by atoms with E-state index in [1.54, 1.807) is 11.8 Å². The minimum atomic E-state index is -0.0104. The summed E-state index contributed by atoms with van der Waals surface area (Å²) in [5.41, 5.74) is 4.72. The first-order valence-electron chi connectivity index (χ1n) is 8.28. The van der Waals surface area contributed by atoms with E-state index in [0.29, 0.717) is 5.75 Å². The van der Waals surface area contributed by atoms with E-state index in [9.17, 15) is 4.79 Å². The second-order valence-corrected chi connectivity index (χ2v) is 7.87. The summed E-state index contributed by atoms with van der Waals surface area (Å²) in [5, 5.41) is 7.57. The smallest absolute Gasteiger partial charge is 0.234 e. The molecule has 1 amide bonds. The van der Waals surface area contributed by atoms with Crippen LogP contribution in [0, 0.1) is 13.8 Å².